The highest BCUT2D eigenvalue weighted by atomic mass is 28.3. The Hall–Kier alpha value is -1.93. The quantitative estimate of drug-likeness (QED) is 0.594. The predicted molar refractivity (Wildman–Crippen MR) is 99.7 cm³/mol. The molecule has 0 unspecified atom stereocenters. The van der Waals surface area contributed by atoms with Crippen molar-refractivity contribution in [3.05, 3.63) is 77.9 Å². The first-order valence-corrected chi connectivity index (χ1v) is 11.5. The molecule has 1 saturated carbocycles. The molecule has 2 aromatic carbocycles. The van der Waals surface area contributed by atoms with E-state index in [1.807, 2.05) is 0 Å². The minimum absolute atomic E-state index is 0.391. The fourth-order valence-electron chi connectivity index (χ4n) is 3.54. The molecule has 1 aliphatic carbocycles. The van der Waals surface area contributed by atoms with E-state index < -0.39 is 8.07 Å². The molecule has 0 amide bonds. The molecule has 118 valence electrons. The van der Waals surface area contributed by atoms with E-state index in [4.69, 9.17) is 0 Å². The molecule has 3 rings (SSSR count). The van der Waals surface area contributed by atoms with Crippen LogP contribution in [-0.4, -0.2) is 13.9 Å². The van der Waals surface area contributed by atoms with Crippen LogP contribution in [-0.2, 0) is 4.79 Å². The summed E-state index contributed by atoms with van der Waals surface area (Å²) in [6.07, 6.45) is 4.74. The standard InChI is InChI=1S/C21H24OSi/c1-23(2,20-11-7-4-8-12-20)21(18-9-5-3-6-10-18)16-17-13-14-19(22)15-17/h3-12,16,21H,13-15H2,1-2H3/b17-16-/t21-/m1/s1. The molecule has 1 atom stereocenters. The topological polar surface area (TPSA) is 17.1 Å². The van der Waals surface area contributed by atoms with E-state index >= 15 is 0 Å². The Kier molecular flexibility index (Phi) is 4.62. The van der Waals surface area contributed by atoms with Crippen molar-refractivity contribution in [2.24, 2.45) is 0 Å². The van der Waals surface area contributed by atoms with Gasteiger partial charge >= 0.3 is 0 Å². The first-order valence-electron chi connectivity index (χ1n) is 8.39. The van der Waals surface area contributed by atoms with Gasteiger partial charge in [0.15, 0.2) is 0 Å². The zero-order chi connectivity index (χ0) is 16.3. The summed E-state index contributed by atoms with van der Waals surface area (Å²) in [5.74, 6) is 0.391. The van der Waals surface area contributed by atoms with Gasteiger partial charge in [0.05, 0.1) is 8.07 Å². The molecular formula is C21H24OSi. The van der Waals surface area contributed by atoms with Crippen molar-refractivity contribution in [1.82, 2.24) is 0 Å². The number of hydrogen-bond acceptors (Lipinski definition) is 1. The zero-order valence-electron chi connectivity index (χ0n) is 14.0. The predicted octanol–water partition coefficient (Wildman–Crippen LogP) is 4.60. The number of carbonyl (C=O) groups excluding carboxylic acids is 1. The summed E-state index contributed by atoms with van der Waals surface area (Å²) in [5, 5.41) is 1.47. The van der Waals surface area contributed by atoms with Crippen molar-refractivity contribution in [1.29, 1.82) is 0 Å². The molecule has 2 heteroatoms. The molecule has 23 heavy (non-hydrogen) atoms. The van der Waals surface area contributed by atoms with Gasteiger partial charge < -0.3 is 0 Å². The van der Waals surface area contributed by atoms with Gasteiger partial charge in [-0.25, -0.2) is 0 Å². The van der Waals surface area contributed by atoms with E-state index in [1.54, 1.807) is 0 Å². The van der Waals surface area contributed by atoms with E-state index in [1.165, 1.54) is 16.3 Å². The summed E-state index contributed by atoms with van der Waals surface area (Å²) in [4.78, 5) is 11.7. The maximum atomic E-state index is 11.7. The number of ketones is 1. The summed E-state index contributed by atoms with van der Waals surface area (Å²) in [6.45, 7) is 4.88. The number of benzene rings is 2. The molecule has 1 nitrogen and oxygen atoms in total. The van der Waals surface area contributed by atoms with Crippen LogP contribution in [0.15, 0.2) is 72.3 Å². The SMILES string of the molecule is C[Si](C)(c1ccccc1)[C@H](/C=C1/CCC(=O)C1)c1ccccc1. The van der Waals surface area contributed by atoms with E-state index in [2.05, 4.69) is 79.8 Å². The third-order valence-electron chi connectivity index (χ3n) is 5.01. The van der Waals surface area contributed by atoms with Gasteiger partial charge in [-0.15, -0.1) is 0 Å². The van der Waals surface area contributed by atoms with E-state index in [0.29, 0.717) is 17.7 Å². The first kappa shape index (κ1) is 15.9. The lowest BCUT2D eigenvalue weighted by Gasteiger charge is -2.32. The largest absolute Gasteiger partial charge is 0.299 e. The smallest absolute Gasteiger partial charge is 0.137 e. The van der Waals surface area contributed by atoms with Gasteiger partial charge in [-0.1, -0.05) is 90.6 Å². The van der Waals surface area contributed by atoms with Crippen LogP contribution >= 0.6 is 0 Å². The lowest BCUT2D eigenvalue weighted by molar-refractivity contribution is -0.117. The Morgan fingerprint density at radius 1 is 0.913 bits per heavy atom. The van der Waals surface area contributed by atoms with Gasteiger partial charge in [0, 0.05) is 18.4 Å². The first-order chi connectivity index (χ1) is 11.1. The van der Waals surface area contributed by atoms with Gasteiger partial charge in [-0.3, -0.25) is 4.79 Å². The van der Waals surface area contributed by atoms with Gasteiger partial charge in [0.25, 0.3) is 0 Å². The highest BCUT2D eigenvalue weighted by molar-refractivity contribution is 6.91. The number of rotatable bonds is 4. The zero-order valence-corrected chi connectivity index (χ0v) is 15.0. The van der Waals surface area contributed by atoms with Crippen molar-refractivity contribution >= 4 is 19.0 Å². The molecule has 0 N–H and O–H groups in total. The van der Waals surface area contributed by atoms with Crippen LogP contribution in [0, 0.1) is 0 Å². The normalized spacial score (nSPS) is 18.3. The Morgan fingerprint density at radius 2 is 1.52 bits per heavy atom. The Morgan fingerprint density at radius 3 is 2.09 bits per heavy atom. The Labute approximate surface area is 140 Å². The lowest BCUT2D eigenvalue weighted by Crippen LogP contribution is -2.47. The van der Waals surface area contributed by atoms with Crippen LogP contribution < -0.4 is 5.19 Å². The second-order valence-corrected chi connectivity index (χ2v) is 11.7. The third-order valence-corrected chi connectivity index (χ3v) is 8.88. The molecule has 2 aromatic rings. The molecule has 0 aliphatic heterocycles. The summed E-state index contributed by atoms with van der Waals surface area (Å²) >= 11 is 0. The fourth-order valence-corrected chi connectivity index (χ4v) is 6.63. The van der Waals surface area contributed by atoms with Crippen molar-refractivity contribution in [3.8, 4) is 0 Å². The highest BCUT2D eigenvalue weighted by Crippen LogP contribution is 2.33. The molecule has 0 radical (unpaired) electrons. The second kappa shape index (κ2) is 6.67. The molecule has 0 heterocycles. The average Bonchev–Trinajstić information content (AvgIpc) is 2.99. The van der Waals surface area contributed by atoms with Gasteiger partial charge in [-0.2, -0.15) is 0 Å². The Bertz CT molecular complexity index is 701. The summed E-state index contributed by atoms with van der Waals surface area (Å²) in [7, 11) is -1.73. The molecule has 0 aromatic heterocycles. The van der Waals surface area contributed by atoms with Crippen LogP contribution in [0.3, 0.4) is 0 Å². The number of allylic oxidation sites excluding steroid dienone is 2. The van der Waals surface area contributed by atoms with Gasteiger partial charge in [0.1, 0.15) is 5.78 Å². The van der Waals surface area contributed by atoms with E-state index in [-0.39, 0.29) is 0 Å². The van der Waals surface area contributed by atoms with Gasteiger partial charge in [0.2, 0.25) is 0 Å². The van der Waals surface area contributed by atoms with Crippen LogP contribution in [0.1, 0.15) is 30.4 Å². The maximum Gasteiger partial charge on any atom is 0.137 e. The van der Waals surface area contributed by atoms with Crippen LogP contribution in [0.4, 0.5) is 0 Å². The average molecular weight is 321 g/mol. The lowest BCUT2D eigenvalue weighted by atomic mass is 10.1. The van der Waals surface area contributed by atoms with Gasteiger partial charge in [-0.05, 0) is 12.0 Å². The third kappa shape index (κ3) is 3.53. The summed E-state index contributed by atoms with van der Waals surface area (Å²) in [5.41, 5.74) is 3.12. The minimum Gasteiger partial charge on any atom is -0.299 e. The monoisotopic (exact) mass is 320 g/mol. The Balaban J connectivity index is 2.03. The number of hydrogen-bond donors (Lipinski definition) is 0. The maximum absolute atomic E-state index is 11.7. The van der Waals surface area contributed by atoms with Crippen LogP contribution in [0.5, 0.6) is 0 Å². The number of carbonyl (C=O) groups is 1. The van der Waals surface area contributed by atoms with Crippen molar-refractivity contribution < 1.29 is 4.79 Å². The molecule has 0 saturated heterocycles. The van der Waals surface area contributed by atoms with E-state index in [9.17, 15) is 4.79 Å². The second-order valence-electron chi connectivity index (χ2n) is 7.02. The summed E-state index contributed by atoms with van der Waals surface area (Å²) < 4.78 is 0. The molecular weight excluding hydrogens is 296 g/mol. The summed E-state index contributed by atoms with van der Waals surface area (Å²) in [6, 6.07) is 21.7. The van der Waals surface area contributed by atoms with Crippen LogP contribution in [0.25, 0.3) is 0 Å². The highest BCUT2D eigenvalue weighted by Gasteiger charge is 2.34. The van der Waals surface area contributed by atoms with Crippen molar-refractivity contribution in [2.75, 3.05) is 0 Å². The minimum atomic E-state index is -1.73. The number of Topliss-reactive ketones (excluding diaryl/α,β-unsaturated/α-hetero) is 1. The molecule has 0 bridgehead atoms. The van der Waals surface area contributed by atoms with Crippen LogP contribution in [0.2, 0.25) is 13.1 Å². The van der Waals surface area contributed by atoms with Crippen molar-refractivity contribution in [3.63, 3.8) is 0 Å². The van der Waals surface area contributed by atoms with E-state index in [0.717, 1.165) is 12.8 Å². The molecule has 1 fully saturated rings. The molecule has 0 spiro atoms. The molecule has 1 aliphatic rings. The van der Waals surface area contributed by atoms with Crippen molar-refractivity contribution in [2.45, 2.75) is 37.9 Å². The fraction of sp³-hybridized carbons (Fsp3) is 0.286.